The zero-order valence-corrected chi connectivity index (χ0v) is 47.7. The minimum Gasteiger partial charge on any atom is -0.462 e. The highest BCUT2D eigenvalue weighted by atomic mass is 16.5. The van der Waals surface area contributed by atoms with Crippen LogP contribution in [0.5, 0.6) is 0 Å². The van der Waals surface area contributed by atoms with Crippen LogP contribution in [0.3, 0.4) is 0 Å². The van der Waals surface area contributed by atoms with Gasteiger partial charge in [-0.25, -0.2) is 0 Å². The number of allylic oxidation sites excluding steroid dienone is 2. The molecule has 0 N–H and O–H groups in total. The van der Waals surface area contributed by atoms with Gasteiger partial charge < -0.3 is 9.47 Å². The van der Waals surface area contributed by atoms with Crippen molar-refractivity contribution in [3.8, 4) is 0 Å². The van der Waals surface area contributed by atoms with Gasteiger partial charge in [-0.3, -0.25) is 19.3 Å². The number of carbonyl (C=O) groups is 3. The monoisotopic (exact) mass is 958 g/mol. The molecule has 402 valence electrons. The Morgan fingerprint density at radius 2 is 1.09 bits per heavy atom. The van der Waals surface area contributed by atoms with E-state index in [0.717, 1.165) is 129 Å². The third-order valence-corrected chi connectivity index (χ3v) is 14.3. The van der Waals surface area contributed by atoms with Gasteiger partial charge in [0.2, 0.25) is 0 Å². The van der Waals surface area contributed by atoms with E-state index in [-0.39, 0.29) is 29.1 Å². The Morgan fingerprint density at radius 3 is 1.65 bits per heavy atom. The Kier molecular flexibility index (Phi) is 47.7. The van der Waals surface area contributed by atoms with Crippen molar-refractivity contribution in [2.45, 2.75) is 313 Å². The van der Waals surface area contributed by atoms with Gasteiger partial charge in [0.1, 0.15) is 11.9 Å². The molecular weight excluding hydrogens is 839 g/mol. The van der Waals surface area contributed by atoms with Crippen LogP contribution in [-0.2, 0) is 23.9 Å². The second-order valence-electron chi connectivity index (χ2n) is 21.8. The molecule has 0 aromatic heterocycles. The molecule has 1 aliphatic rings. The largest absolute Gasteiger partial charge is 0.462 e. The first-order valence-corrected chi connectivity index (χ1v) is 29.6. The second-order valence-corrected chi connectivity index (χ2v) is 21.8. The first-order valence-electron chi connectivity index (χ1n) is 29.6. The summed E-state index contributed by atoms with van der Waals surface area (Å²) in [6, 6.07) is 0.365. The predicted octanol–water partition coefficient (Wildman–Crippen LogP) is 18.9. The summed E-state index contributed by atoms with van der Waals surface area (Å²) in [6.07, 6.45) is 47.6. The smallest absolute Gasteiger partial charge is 0.311 e. The fraction of sp³-hybridized carbons (Fsp3) is 0.887. The number of unbranched alkanes of at least 4 members (excludes halogenated alkanes) is 23. The van der Waals surface area contributed by atoms with Crippen LogP contribution in [0.2, 0.25) is 0 Å². The van der Waals surface area contributed by atoms with Gasteiger partial charge in [-0.05, 0) is 116 Å². The van der Waals surface area contributed by atoms with Crippen molar-refractivity contribution in [1.82, 2.24) is 4.90 Å². The van der Waals surface area contributed by atoms with Crippen LogP contribution in [0.15, 0.2) is 24.8 Å². The van der Waals surface area contributed by atoms with E-state index in [2.05, 4.69) is 72.9 Å². The van der Waals surface area contributed by atoms with E-state index in [9.17, 15) is 14.4 Å². The SMILES string of the molecule is C=CCCCCCCCCCCC.CC.CCCCCCCCC(CCCCCC)OC(=O)C(C)(C)CCCCCCOC[C@@H]1C[C@H](C=CC(=O)CCCCC)CN1CCCCC(C)(C)C(C)=O. The number of rotatable bonds is 45. The standard InChI is InChI=1S/C47H87NO5.C13H26.C2H6/c1-9-12-15-17-18-23-30-44(29-22-16-13-10-2)53-45(51)47(7,8)34-24-19-20-27-36-52-39-42-37-41(31-32-43(50)28-21-14-11-3)38-48(42)35-26-25-33-46(5,6)40(4)49;1-3-5-7-9-11-13-12-10-8-6-4-2;1-2/h31-32,41-42,44H,9-30,33-39H2,1-8H3;3H,1,4-13H2,2H3;1-2H3/t41-,42-,44?;;/m0../s1. The van der Waals surface area contributed by atoms with Crippen LogP contribution in [0.25, 0.3) is 0 Å². The highest BCUT2D eigenvalue weighted by Crippen LogP contribution is 2.30. The minimum absolute atomic E-state index is 0.00926. The van der Waals surface area contributed by atoms with Crippen LogP contribution < -0.4 is 0 Å². The zero-order chi connectivity index (χ0) is 51.2. The molecule has 0 amide bonds. The topological polar surface area (TPSA) is 72.9 Å². The number of Topliss-reactive ketones (excluding diaryl/α,β-unsaturated/α-hetero) is 1. The van der Waals surface area contributed by atoms with Crippen molar-refractivity contribution in [2.75, 3.05) is 26.3 Å². The normalized spacial score (nSPS) is 15.7. The molecular formula is C62H119NO5. The van der Waals surface area contributed by atoms with E-state index in [1.807, 2.05) is 26.0 Å². The molecule has 1 fully saturated rings. The number of likely N-dealkylation sites (tertiary alicyclic amines) is 1. The number of esters is 1. The molecule has 0 aromatic rings. The average Bonchev–Trinajstić information content (AvgIpc) is 3.71. The predicted molar refractivity (Wildman–Crippen MR) is 298 cm³/mol. The fourth-order valence-corrected chi connectivity index (χ4v) is 9.11. The lowest BCUT2D eigenvalue weighted by atomic mass is 9.83. The number of hydrogen-bond donors (Lipinski definition) is 0. The Bertz CT molecular complexity index is 1190. The molecule has 1 rings (SSSR count). The van der Waals surface area contributed by atoms with Crippen LogP contribution in [0.4, 0.5) is 0 Å². The van der Waals surface area contributed by atoms with Gasteiger partial charge in [-0.2, -0.15) is 0 Å². The summed E-state index contributed by atoms with van der Waals surface area (Å²) in [5.41, 5.74) is -0.697. The highest BCUT2D eigenvalue weighted by Gasteiger charge is 2.32. The molecule has 0 aromatic carbocycles. The van der Waals surface area contributed by atoms with Gasteiger partial charge in [0.15, 0.2) is 5.78 Å². The van der Waals surface area contributed by atoms with E-state index in [0.29, 0.717) is 18.4 Å². The van der Waals surface area contributed by atoms with E-state index < -0.39 is 5.41 Å². The van der Waals surface area contributed by atoms with Crippen molar-refractivity contribution in [3.05, 3.63) is 24.8 Å². The van der Waals surface area contributed by atoms with Gasteiger partial charge in [-0.1, -0.05) is 209 Å². The fourth-order valence-electron chi connectivity index (χ4n) is 9.11. The molecule has 1 saturated heterocycles. The molecule has 0 aliphatic carbocycles. The summed E-state index contributed by atoms with van der Waals surface area (Å²) < 4.78 is 12.5. The molecule has 1 aliphatic heterocycles. The van der Waals surface area contributed by atoms with Crippen LogP contribution in [-0.4, -0.2) is 60.9 Å². The maximum absolute atomic E-state index is 13.3. The van der Waals surface area contributed by atoms with Crippen LogP contribution in [0.1, 0.15) is 301 Å². The van der Waals surface area contributed by atoms with Crippen molar-refractivity contribution in [2.24, 2.45) is 16.7 Å². The molecule has 6 heteroatoms. The maximum Gasteiger partial charge on any atom is 0.311 e. The molecule has 0 radical (unpaired) electrons. The average molecular weight is 959 g/mol. The third kappa shape index (κ3) is 39.9. The highest BCUT2D eigenvalue weighted by molar-refractivity contribution is 5.89. The van der Waals surface area contributed by atoms with Crippen LogP contribution in [0, 0.1) is 16.7 Å². The number of carbonyl (C=O) groups excluding carboxylic acids is 3. The molecule has 68 heavy (non-hydrogen) atoms. The van der Waals surface area contributed by atoms with Gasteiger partial charge in [0.25, 0.3) is 0 Å². The Labute approximate surface area is 425 Å². The third-order valence-electron chi connectivity index (χ3n) is 14.3. The van der Waals surface area contributed by atoms with Gasteiger partial charge >= 0.3 is 5.97 Å². The molecule has 0 spiro atoms. The lowest BCUT2D eigenvalue weighted by molar-refractivity contribution is -0.161. The van der Waals surface area contributed by atoms with Crippen molar-refractivity contribution >= 4 is 17.5 Å². The first kappa shape index (κ1) is 68.3. The van der Waals surface area contributed by atoms with Crippen LogP contribution >= 0.6 is 0 Å². The number of ether oxygens (including phenoxy) is 2. The Morgan fingerprint density at radius 1 is 0.618 bits per heavy atom. The maximum atomic E-state index is 13.3. The minimum atomic E-state index is -0.446. The molecule has 1 unspecified atom stereocenters. The summed E-state index contributed by atoms with van der Waals surface area (Å²) >= 11 is 0. The number of hydrogen-bond acceptors (Lipinski definition) is 6. The van der Waals surface area contributed by atoms with E-state index >= 15 is 0 Å². The Balaban J connectivity index is 0. The zero-order valence-electron chi connectivity index (χ0n) is 47.7. The lowest BCUT2D eigenvalue weighted by Crippen LogP contribution is -2.34. The number of ketones is 2. The lowest BCUT2D eigenvalue weighted by Gasteiger charge is -2.27. The Hall–Kier alpha value is -1.79. The van der Waals surface area contributed by atoms with E-state index in [1.54, 1.807) is 6.92 Å². The summed E-state index contributed by atoms with van der Waals surface area (Å²) in [5.74, 6) is 0.891. The van der Waals surface area contributed by atoms with Crippen molar-refractivity contribution in [1.29, 1.82) is 0 Å². The van der Waals surface area contributed by atoms with Gasteiger partial charge in [0, 0.05) is 31.0 Å². The summed E-state index contributed by atoms with van der Waals surface area (Å²) in [7, 11) is 0. The molecule has 3 atom stereocenters. The van der Waals surface area contributed by atoms with E-state index in [4.69, 9.17) is 9.47 Å². The summed E-state index contributed by atoms with van der Waals surface area (Å²) in [5, 5.41) is 0. The van der Waals surface area contributed by atoms with Crippen molar-refractivity contribution in [3.63, 3.8) is 0 Å². The summed E-state index contributed by atoms with van der Waals surface area (Å²) in [6.45, 7) is 30.1. The first-order chi connectivity index (χ1) is 32.8. The second kappa shape index (κ2) is 47.5. The molecule has 1 heterocycles. The van der Waals surface area contributed by atoms with Gasteiger partial charge in [-0.15, -0.1) is 6.58 Å². The van der Waals surface area contributed by atoms with E-state index in [1.165, 1.54) is 116 Å². The van der Waals surface area contributed by atoms with Crippen molar-refractivity contribution < 1.29 is 23.9 Å². The number of nitrogens with zero attached hydrogens (tertiary/aromatic N) is 1. The quantitative estimate of drug-likeness (QED) is 0.0262. The summed E-state index contributed by atoms with van der Waals surface area (Å²) in [4.78, 5) is 40.2. The molecule has 0 bridgehead atoms. The van der Waals surface area contributed by atoms with Gasteiger partial charge in [0.05, 0.1) is 12.0 Å². The molecule has 0 saturated carbocycles. The molecule has 6 nitrogen and oxygen atoms in total.